The third-order valence-corrected chi connectivity index (χ3v) is 3.25. The Kier molecular flexibility index (Phi) is 4.90. The zero-order valence-electron chi connectivity index (χ0n) is 7.34. The molecule has 74 valence electrons. The van der Waals surface area contributed by atoms with Gasteiger partial charge in [0.25, 0.3) is 5.91 Å². The third-order valence-electron chi connectivity index (χ3n) is 1.57. The maximum Gasteiger partial charge on any atom is 0.251 e. The molecule has 0 unspecified atom stereocenters. The Morgan fingerprint density at radius 2 is 2.00 bits per heavy atom. The van der Waals surface area contributed by atoms with Gasteiger partial charge in [-0.3, -0.25) is 4.79 Å². The van der Waals surface area contributed by atoms with E-state index >= 15 is 0 Å². The van der Waals surface area contributed by atoms with Crippen LogP contribution in [0, 0.1) is 0 Å². The predicted octanol–water partition coefficient (Wildman–Crippen LogP) is 3.05. The summed E-state index contributed by atoms with van der Waals surface area (Å²) in [4.78, 5) is 13.2. The maximum atomic E-state index is 11.5. The molecule has 0 saturated heterocycles. The van der Waals surface area contributed by atoms with Gasteiger partial charge in [-0.05, 0) is 17.1 Å². The molecule has 1 rings (SSSR count). The molecule has 0 heterocycles. The molecular weight excluding hydrogens is 310 g/mol. The normalized spacial score (nSPS) is 11.1. The monoisotopic (exact) mass is 317 g/mol. The highest BCUT2D eigenvalue weighted by molar-refractivity contribution is 9.14. The summed E-state index contributed by atoms with van der Waals surface area (Å²) in [7, 11) is 0. The van der Waals surface area contributed by atoms with Crippen LogP contribution in [0.15, 0.2) is 39.8 Å². The van der Waals surface area contributed by atoms with E-state index in [0.717, 1.165) is 4.48 Å². The minimum absolute atomic E-state index is 0.0723. The van der Waals surface area contributed by atoms with Crippen LogP contribution in [0.2, 0.25) is 0 Å². The van der Waals surface area contributed by atoms with Crippen LogP contribution in [0.25, 0.3) is 0 Å². The molecule has 4 heteroatoms. The number of benzene rings is 1. The molecule has 0 spiro atoms. The first-order chi connectivity index (χ1) is 6.74. The molecule has 0 aromatic heterocycles. The van der Waals surface area contributed by atoms with Crippen LogP contribution in [-0.4, -0.2) is 12.5 Å². The van der Waals surface area contributed by atoms with Crippen molar-refractivity contribution >= 4 is 37.8 Å². The van der Waals surface area contributed by atoms with Gasteiger partial charge in [0.1, 0.15) is 0 Å². The van der Waals surface area contributed by atoms with E-state index in [1.165, 1.54) is 0 Å². The Bertz CT molecular complexity index is 335. The molecule has 0 aliphatic carbocycles. The van der Waals surface area contributed by atoms with Crippen LogP contribution < -0.4 is 5.32 Å². The van der Waals surface area contributed by atoms with Gasteiger partial charge in [0.05, 0.1) is 6.54 Å². The van der Waals surface area contributed by atoms with Gasteiger partial charge in [0.2, 0.25) is 0 Å². The summed E-state index contributed by atoms with van der Waals surface area (Å²) in [6.45, 7) is 0.485. The lowest BCUT2D eigenvalue weighted by atomic mass is 10.2. The maximum absolute atomic E-state index is 11.5. The average Bonchev–Trinajstić information content (AvgIpc) is 2.26. The van der Waals surface area contributed by atoms with Crippen LogP contribution in [0.4, 0.5) is 0 Å². The molecule has 0 radical (unpaired) electrons. The Labute approximate surface area is 99.6 Å². The van der Waals surface area contributed by atoms with E-state index in [1.807, 2.05) is 18.2 Å². The van der Waals surface area contributed by atoms with Gasteiger partial charge in [-0.25, -0.2) is 0 Å². The predicted molar refractivity (Wildman–Crippen MR) is 64.7 cm³/mol. The number of rotatable bonds is 3. The molecule has 0 aliphatic heterocycles. The summed E-state index contributed by atoms with van der Waals surface area (Å²) in [6.07, 6.45) is 0. The van der Waals surface area contributed by atoms with Crippen LogP contribution in [-0.2, 0) is 0 Å². The van der Waals surface area contributed by atoms with Crippen molar-refractivity contribution in [3.05, 3.63) is 45.4 Å². The van der Waals surface area contributed by atoms with Crippen LogP contribution in [0.5, 0.6) is 0 Å². The Morgan fingerprint density at radius 3 is 2.57 bits per heavy atom. The van der Waals surface area contributed by atoms with Gasteiger partial charge in [0.15, 0.2) is 0 Å². The van der Waals surface area contributed by atoms with E-state index in [1.54, 1.807) is 17.1 Å². The molecule has 0 fully saturated rings. The Balaban J connectivity index is 2.52. The SMILES string of the molecule is O=C(NCC(Br)=CBr)c1ccccc1. The molecule has 14 heavy (non-hydrogen) atoms. The quantitative estimate of drug-likeness (QED) is 0.912. The number of halogens is 2. The first-order valence-electron chi connectivity index (χ1n) is 4.02. The molecule has 2 nitrogen and oxygen atoms in total. The Morgan fingerprint density at radius 1 is 1.36 bits per heavy atom. The molecule has 1 aromatic rings. The second kappa shape index (κ2) is 5.98. The summed E-state index contributed by atoms with van der Waals surface area (Å²) in [5.74, 6) is -0.0723. The summed E-state index contributed by atoms with van der Waals surface area (Å²) >= 11 is 6.44. The average molecular weight is 319 g/mol. The summed E-state index contributed by atoms with van der Waals surface area (Å²) in [5.41, 5.74) is 0.669. The molecule has 1 N–H and O–H groups in total. The lowest BCUT2D eigenvalue weighted by Gasteiger charge is -2.03. The number of hydrogen-bond donors (Lipinski definition) is 1. The lowest BCUT2D eigenvalue weighted by molar-refractivity contribution is 0.0958. The molecule has 0 saturated carbocycles. The van der Waals surface area contributed by atoms with Gasteiger partial charge >= 0.3 is 0 Å². The van der Waals surface area contributed by atoms with Crippen LogP contribution >= 0.6 is 31.9 Å². The fraction of sp³-hybridized carbons (Fsp3) is 0.100. The zero-order valence-corrected chi connectivity index (χ0v) is 10.5. The number of carbonyl (C=O) groups excluding carboxylic acids is 1. The van der Waals surface area contributed by atoms with Crippen molar-refractivity contribution in [2.24, 2.45) is 0 Å². The van der Waals surface area contributed by atoms with E-state index in [9.17, 15) is 4.79 Å². The molecule has 0 aliphatic rings. The highest BCUT2D eigenvalue weighted by Gasteiger charge is 2.03. The Hall–Kier alpha value is -0.610. The van der Waals surface area contributed by atoms with E-state index in [-0.39, 0.29) is 5.91 Å². The molecular formula is C10H9Br2NO. The van der Waals surface area contributed by atoms with Crippen molar-refractivity contribution in [3.8, 4) is 0 Å². The molecule has 1 amide bonds. The second-order valence-electron chi connectivity index (χ2n) is 2.60. The third kappa shape index (κ3) is 3.64. The first-order valence-corrected chi connectivity index (χ1v) is 5.73. The van der Waals surface area contributed by atoms with Crippen molar-refractivity contribution in [1.29, 1.82) is 0 Å². The summed E-state index contributed by atoms with van der Waals surface area (Å²) in [6, 6.07) is 9.11. The number of hydrogen-bond acceptors (Lipinski definition) is 1. The van der Waals surface area contributed by atoms with Gasteiger partial charge in [-0.15, -0.1) is 0 Å². The van der Waals surface area contributed by atoms with Crippen LogP contribution in [0.3, 0.4) is 0 Å². The highest BCUT2D eigenvalue weighted by atomic mass is 79.9. The minimum atomic E-state index is -0.0723. The highest BCUT2D eigenvalue weighted by Crippen LogP contribution is 2.06. The minimum Gasteiger partial charge on any atom is -0.347 e. The van der Waals surface area contributed by atoms with Gasteiger partial charge < -0.3 is 5.32 Å². The van der Waals surface area contributed by atoms with Gasteiger partial charge in [-0.1, -0.05) is 50.1 Å². The topological polar surface area (TPSA) is 29.1 Å². The summed E-state index contributed by atoms with van der Waals surface area (Å²) in [5, 5.41) is 2.77. The van der Waals surface area contributed by atoms with Crippen molar-refractivity contribution in [1.82, 2.24) is 5.32 Å². The lowest BCUT2D eigenvalue weighted by Crippen LogP contribution is -2.24. The second-order valence-corrected chi connectivity index (χ2v) is 4.08. The number of nitrogens with one attached hydrogen (secondary N) is 1. The molecule has 0 atom stereocenters. The zero-order chi connectivity index (χ0) is 10.4. The summed E-state index contributed by atoms with van der Waals surface area (Å²) < 4.78 is 0.891. The van der Waals surface area contributed by atoms with E-state index in [2.05, 4.69) is 37.2 Å². The van der Waals surface area contributed by atoms with E-state index in [4.69, 9.17) is 0 Å². The molecule has 1 aromatic carbocycles. The van der Waals surface area contributed by atoms with Crippen molar-refractivity contribution in [2.45, 2.75) is 0 Å². The van der Waals surface area contributed by atoms with Crippen molar-refractivity contribution < 1.29 is 4.79 Å². The largest absolute Gasteiger partial charge is 0.347 e. The fourth-order valence-electron chi connectivity index (χ4n) is 0.895. The van der Waals surface area contributed by atoms with Crippen molar-refractivity contribution in [3.63, 3.8) is 0 Å². The number of carbonyl (C=O) groups is 1. The first kappa shape index (κ1) is 11.5. The van der Waals surface area contributed by atoms with E-state index < -0.39 is 0 Å². The van der Waals surface area contributed by atoms with Gasteiger partial charge in [0, 0.05) is 10.0 Å². The standard InChI is InChI=1S/C10H9Br2NO/c11-6-9(12)7-13-10(14)8-4-2-1-3-5-8/h1-6H,7H2,(H,13,14). The number of amides is 1. The van der Waals surface area contributed by atoms with Crippen LogP contribution in [0.1, 0.15) is 10.4 Å². The fourth-order valence-corrected chi connectivity index (χ4v) is 1.20. The van der Waals surface area contributed by atoms with Gasteiger partial charge in [-0.2, -0.15) is 0 Å². The van der Waals surface area contributed by atoms with E-state index in [0.29, 0.717) is 12.1 Å². The molecule has 0 bridgehead atoms. The smallest absolute Gasteiger partial charge is 0.251 e. The van der Waals surface area contributed by atoms with Crippen molar-refractivity contribution in [2.75, 3.05) is 6.54 Å².